The number of amides is 1. The molecule has 2 aromatic heterocycles. The lowest BCUT2D eigenvalue weighted by Crippen LogP contribution is -2.16. The molecule has 1 amide bonds. The van der Waals surface area contributed by atoms with Gasteiger partial charge in [-0.05, 0) is 25.1 Å². The van der Waals surface area contributed by atoms with Gasteiger partial charge in [0, 0.05) is 33.1 Å². The van der Waals surface area contributed by atoms with Crippen molar-refractivity contribution in [1.82, 2.24) is 4.98 Å². The van der Waals surface area contributed by atoms with Gasteiger partial charge in [0.25, 0.3) is 0 Å². The highest BCUT2D eigenvalue weighted by Gasteiger charge is 2.17. The van der Waals surface area contributed by atoms with Gasteiger partial charge in [0.1, 0.15) is 22.1 Å². The highest BCUT2D eigenvalue weighted by molar-refractivity contribution is 6.35. The van der Waals surface area contributed by atoms with E-state index in [-0.39, 0.29) is 17.5 Å². The van der Waals surface area contributed by atoms with E-state index in [4.69, 9.17) is 32.4 Å². The fraction of sp³-hybridized carbons (Fsp3) is 0.143. The standard InChI is InChI=1S/C21H16Cl2N2O3/c1-11-7-15(22)14(21(23)24-11)9-20(26)25-16-10-18-13(8-19(16)27-2)12-5-3-4-6-17(12)28-18/h3-8,10H,9H2,1-2H3,(H,25,26). The zero-order chi connectivity index (χ0) is 19.8. The highest BCUT2D eigenvalue weighted by Crippen LogP contribution is 2.36. The third-order valence-electron chi connectivity index (χ3n) is 4.46. The first-order chi connectivity index (χ1) is 13.5. The SMILES string of the molecule is COc1cc2c(cc1NC(=O)Cc1c(Cl)cc(C)nc1Cl)oc1ccccc12. The third kappa shape index (κ3) is 3.39. The molecule has 0 aliphatic carbocycles. The van der Waals surface area contributed by atoms with Crippen LogP contribution >= 0.6 is 23.2 Å². The third-order valence-corrected chi connectivity index (χ3v) is 5.11. The Bertz CT molecular complexity index is 1190. The summed E-state index contributed by atoms with van der Waals surface area (Å²) in [5.41, 5.74) is 3.11. The molecule has 0 aliphatic heterocycles. The van der Waals surface area contributed by atoms with Crippen molar-refractivity contribution in [3.63, 3.8) is 0 Å². The van der Waals surface area contributed by atoms with E-state index in [1.807, 2.05) is 30.3 Å². The maximum absolute atomic E-state index is 12.6. The van der Waals surface area contributed by atoms with Crippen LogP contribution in [0.1, 0.15) is 11.3 Å². The van der Waals surface area contributed by atoms with E-state index in [2.05, 4.69) is 10.3 Å². The quantitative estimate of drug-likeness (QED) is 0.429. The van der Waals surface area contributed by atoms with Crippen LogP contribution in [0, 0.1) is 6.92 Å². The second kappa shape index (κ2) is 7.34. The van der Waals surface area contributed by atoms with Crippen molar-refractivity contribution in [2.24, 2.45) is 0 Å². The zero-order valence-corrected chi connectivity index (χ0v) is 16.7. The Morgan fingerprint density at radius 1 is 1.14 bits per heavy atom. The van der Waals surface area contributed by atoms with Crippen LogP contribution in [0.3, 0.4) is 0 Å². The lowest BCUT2D eigenvalue weighted by molar-refractivity contribution is -0.115. The number of anilines is 1. The van der Waals surface area contributed by atoms with Crippen LogP contribution in [0.2, 0.25) is 10.2 Å². The van der Waals surface area contributed by atoms with E-state index in [0.717, 1.165) is 16.4 Å². The number of methoxy groups -OCH3 is 1. The van der Waals surface area contributed by atoms with Gasteiger partial charge in [-0.25, -0.2) is 4.98 Å². The summed E-state index contributed by atoms with van der Waals surface area (Å²) >= 11 is 12.4. The summed E-state index contributed by atoms with van der Waals surface area (Å²) < 4.78 is 11.3. The number of carbonyl (C=O) groups excluding carboxylic acids is 1. The molecule has 4 aromatic rings. The number of fused-ring (bicyclic) bond motifs is 3. The minimum Gasteiger partial charge on any atom is -0.495 e. The van der Waals surface area contributed by atoms with E-state index in [9.17, 15) is 4.79 Å². The number of hydrogen-bond donors (Lipinski definition) is 1. The Balaban J connectivity index is 1.67. The highest BCUT2D eigenvalue weighted by atomic mass is 35.5. The average molecular weight is 415 g/mol. The maximum Gasteiger partial charge on any atom is 0.229 e. The molecule has 5 nitrogen and oxygen atoms in total. The molecule has 0 spiro atoms. The van der Waals surface area contributed by atoms with E-state index >= 15 is 0 Å². The van der Waals surface area contributed by atoms with Crippen molar-refractivity contribution in [1.29, 1.82) is 0 Å². The Morgan fingerprint density at radius 2 is 1.93 bits per heavy atom. The number of ether oxygens (including phenoxy) is 1. The van der Waals surface area contributed by atoms with Gasteiger partial charge in [-0.15, -0.1) is 0 Å². The molecule has 0 atom stereocenters. The number of nitrogens with one attached hydrogen (secondary N) is 1. The summed E-state index contributed by atoms with van der Waals surface area (Å²) in [6, 6.07) is 13.0. The van der Waals surface area contributed by atoms with Gasteiger partial charge < -0.3 is 14.5 Å². The Morgan fingerprint density at radius 3 is 2.68 bits per heavy atom. The molecule has 0 saturated carbocycles. The monoisotopic (exact) mass is 414 g/mol. The summed E-state index contributed by atoms with van der Waals surface area (Å²) in [5.74, 6) is 0.245. The molecule has 0 bridgehead atoms. The molecular formula is C21H16Cl2N2O3. The number of para-hydroxylation sites is 1. The van der Waals surface area contributed by atoms with Gasteiger partial charge in [-0.3, -0.25) is 4.79 Å². The van der Waals surface area contributed by atoms with Crippen LogP contribution < -0.4 is 10.1 Å². The number of pyridine rings is 1. The van der Waals surface area contributed by atoms with Gasteiger partial charge in [-0.2, -0.15) is 0 Å². The lowest BCUT2D eigenvalue weighted by Gasteiger charge is -2.12. The molecular weight excluding hydrogens is 399 g/mol. The normalized spacial score (nSPS) is 11.1. The average Bonchev–Trinajstić information content (AvgIpc) is 3.01. The van der Waals surface area contributed by atoms with Crippen LogP contribution in [-0.4, -0.2) is 18.0 Å². The Labute approximate surface area is 171 Å². The number of furan rings is 1. The number of benzene rings is 2. The van der Waals surface area contributed by atoms with Crippen LogP contribution in [0.4, 0.5) is 5.69 Å². The molecule has 0 radical (unpaired) electrons. The molecule has 0 fully saturated rings. The minimum atomic E-state index is -0.289. The van der Waals surface area contributed by atoms with Crippen molar-refractivity contribution in [3.8, 4) is 5.75 Å². The van der Waals surface area contributed by atoms with Crippen molar-refractivity contribution in [2.45, 2.75) is 13.3 Å². The van der Waals surface area contributed by atoms with E-state index in [1.54, 1.807) is 26.2 Å². The summed E-state index contributed by atoms with van der Waals surface area (Å²) in [6.45, 7) is 1.79. The predicted octanol–water partition coefficient (Wildman–Crippen LogP) is 5.79. The number of aromatic nitrogens is 1. The van der Waals surface area contributed by atoms with Crippen molar-refractivity contribution < 1.29 is 13.9 Å². The molecule has 2 aromatic carbocycles. The molecule has 0 unspecified atom stereocenters. The van der Waals surface area contributed by atoms with Gasteiger partial charge >= 0.3 is 0 Å². The molecule has 7 heteroatoms. The van der Waals surface area contributed by atoms with E-state index in [0.29, 0.717) is 33.3 Å². The molecule has 28 heavy (non-hydrogen) atoms. The largest absolute Gasteiger partial charge is 0.495 e. The second-order valence-corrected chi connectivity index (χ2v) is 7.15. The van der Waals surface area contributed by atoms with Crippen molar-refractivity contribution in [3.05, 3.63) is 63.9 Å². The smallest absolute Gasteiger partial charge is 0.229 e. The summed E-state index contributed by atoms with van der Waals surface area (Å²) in [7, 11) is 1.55. The number of aryl methyl sites for hydroxylation is 1. The Hall–Kier alpha value is -2.76. The van der Waals surface area contributed by atoms with E-state index < -0.39 is 0 Å². The molecule has 0 aliphatic rings. The van der Waals surface area contributed by atoms with Crippen LogP contribution in [0.25, 0.3) is 21.9 Å². The molecule has 2 heterocycles. The van der Waals surface area contributed by atoms with Crippen LogP contribution in [0.5, 0.6) is 5.75 Å². The van der Waals surface area contributed by atoms with Crippen molar-refractivity contribution in [2.75, 3.05) is 12.4 Å². The number of nitrogens with zero attached hydrogens (tertiary/aromatic N) is 1. The van der Waals surface area contributed by atoms with Gasteiger partial charge in [0.15, 0.2) is 0 Å². The number of hydrogen-bond acceptors (Lipinski definition) is 4. The second-order valence-electron chi connectivity index (χ2n) is 6.39. The Kier molecular flexibility index (Phi) is 4.87. The van der Waals surface area contributed by atoms with Gasteiger partial charge in [0.05, 0.1) is 19.2 Å². The number of rotatable bonds is 4. The fourth-order valence-electron chi connectivity index (χ4n) is 3.15. The topological polar surface area (TPSA) is 64.4 Å². The summed E-state index contributed by atoms with van der Waals surface area (Å²) in [5, 5.41) is 5.38. The van der Waals surface area contributed by atoms with Crippen LogP contribution in [0.15, 0.2) is 46.9 Å². The molecule has 4 rings (SSSR count). The first kappa shape index (κ1) is 18.6. The molecule has 1 N–H and O–H groups in total. The summed E-state index contributed by atoms with van der Waals surface area (Å²) in [4.78, 5) is 16.8. The molecule has 0 saturated heterocycles. The maximum atomic E-state index is 12.6. The fourth-order valence-corrected chi connectivity index (χ4v) is 3.82. The van der Waals surface area contributed by atoms with Crippen molar-refractivity contribution >= 4 is 56.7 Å². The summed E-state index contributed by atoms with van der Waals surface area (Å²) in [6.07, 6.45) is -0.00767. The number of carbonyl (C=O) groups is 1. The predicted molar refractivity (Wildman–Crippen MR) is 112 cm³/mol. The van der Waals surface area contributed by atoms with Gasteiger partial charge in [-0.1, -0.05) is 41.4 Å². The number of halogens is 2. The molecule has 142 valence electrons. The lowest BCUT2D eigenvalue weighted by atomic mass is 10.1. The first-order valence-electron chi connectivity index (χ1n) is 8.57. The van der Waals surface area contributed by atoms with E-state index in [1.165, 1.54) is 0 Å². The van der Waals surface area contributed by atoms with Gasteiger partial charge in [0.2, 0.25) is 5.91 Å². The zero-order valence-electron chi connectivity index (χ0n) is 15.2. The van der Waals surface area contributed by atoms with Crippen LogP contribution in [-0.2, 0) is 11.2 Å². The minimum absolute atomic E-state index is 0.00767. The first-order valence-corrected chi connectivity index (χ1v) is 9.32.